The Balaban J connectivity index is 0.000000144. The summed E-state index contributed by atoms with van der Waals surface area (Å²) in [6.45, 7) is 14.2. The lowest BCUT2D eigenvalue weighted by Gasteiger charge is -2.21. The van der Waals surface area contributed by atoms with Gasteiger partial charge in [-0.2, -0.15) is 10.2 Å². The normalized spacial score (nSPS) is 22.3. The SMILES string of the molecule is CC1CNCC1c1nn2c(C3CCOCC3)ncc2c(=O)[nH]1.COc1cccc(C=O)c1.Cc1cccc(CN2CC(C)C(c3nn4c(C5CCOCC5)ncc4c(=O)[nH]3)C2)c1. The van der Waals surface area contributed by atoms with Crippen LogP contribution in [0.15, 0.2) is 70.5 Å². The second-order valence-corrected chi connectivity index (χ2v) is 17.2. The molecule has 4 aromatic heterocycles. The minimum absolute atomic E-state index is 0.102. The molecule has 4 atom stereocenters. The van der Waals surface area contributed by atoms with E-state index in [0.29, 0.717) is 46.0 Å². The zero-order valence-corrected chi connectivity index (χ0v) is 36.1. The molecule has 8 heterocycles. The summed E-state index contributed by atoms with van der Waals surface area (Å²) < 4.78 is 19.4. The Bertz CT molecular complexity index is 2570. The maximum absolute atomic E-state index is 12.8. The van der Waals surface area contributed by atoms with Gasteiger partial charge in [-0.15, -0.1) is 0 Å². The minimum atomic E-state index is -0.102. The Kier molecular flexibility index (Phi) is 13.7. The topological polar surface area (TPSA) is 186 Å². The van der Waals surface area contributed by atoms with Gasteiger partial charge in [0.25, 0.3) is 11.1 Å². The fourth-order valence-electron chi connectivity index (χ4n) is 9.18. The van der Waals surface area contributed by atoms with Gasteiger partial charge < -0.3 is 29.5 Å². The monoisotopic (exact) mass is 846 g/mol. The van der Waals surface area contributed by atoms with Gasteiger partial charge in [0.05, 0.1) is 19.5 Å². The van der Waals surface area contributed by atoms with Crippen molar-refractivity contribution in [3.63, 3.8) is 0 Å². The van der Waals surface area contributed by atoms with Gasteiger partial charge in [0.1, 0.15) is 35.3 Å². The number of hydrogen-bond donors (Lipinski definition) is 3. The van der Waals surface area contributed by atoms with Crippen LogP contribution in [0.1, 0.15) is 108 Å². The summed E-state index contributed by atoms with van der Waals surface area (Å²) in [7, 11) is 1.57. The van der Waals surface area contributed by atoms with Crippen LogP contribution in [0.5, 0.6) is 5.75 Å². The Morgan fingerprint density at radius 3 is 1.90 bits per heavy atom. The first kappa shape index (κ1) is 43.1. The van der Waals surface area contributed by atoms with Crippen molar-refractivity contribution in [3.05, 3.63) is 122 Å². The number of fused-ring (bicyclic) bond motifs is 2. The number of aldehydes is 1. The number of aromatic nitrogens is 8. The number of H-pyrrole nitrogens is 2. The summed E-state index contributed by atoms with van der Waals surface area (Å²) in [5.74, 6) is 6.00. The summed E-state index contributed by atoms with van der Waals surface area (Å²) in [4.78, 5) is 52.8. The molecule has 0 aliphatic carbocycles. The molecule has 6 aromatic rings. The van der Waals surface area contributed by atoms with Crippen LogP contribution in [-0.2, 0) is 16.0 Å². The van der Waals surface area contributed by atoms with Gasteiger partial charge in [-0.05, 0) is 68.7 Å². The number of aryl methyl sites for hydroxylation is 1. The molecule has 2 aromatic carbocycles. The van der Waals surface area contributed by atoms with Crippen molar-refractivity contribution in [2.45, 2.75) is 76.7 Å². The Hall–Kier alpha value is -5.55. The molecule has 16 heteroatoms. The van der Waals surface area contributed by atoms with Crippen molar-refractivity contribution in [1.82, 2.24) is 49.4 Å². The van der Waals surface area contributed by atoms with Crippen LogP contribution < -0.4 is 21.2 Å². The predicted molar refractivity (Wildman–Crippen MR) is 234 cm³/mol. The molecule has 0 amide bonds. The van der Waals surface area contributed by atoms with Gasteiger partial charge in [0.2, 0.25) is 0 Å². The van der Waals surface area contributed by atoms with Crippen LogP contribution in [0, 0.1) is 18.8 Å². The number of methoxy groups -OCH3 is 1. The van der Waals surface area contributed by atoms with Crippen molar-refractivity contribution in [2.24, 2.45) is 11.8 Å². The van der Waals surface area contributed by atoms with Crippen LogP contribution in [0.4, 0.5) is 0 Å². The van der Waals surface area contributed by atoms with E-state index in [1.54, 1.807) is 52.8 Å². The van der Waals surface area contributed by atoms with Gasteiger partial charge in [0.15, 0.2) is 11.0 Å². The van der Waals surface area contributed by atoms with E-state index in [1.807, 2.05) is 0 Å². The number of carbonyl (C=O) groups is 1. The zero-order chi connectivity index (χ0) is 43.2. The zero-order valence-electron chi connectivity index (χ0n) is 36.1. The molecule has 4 fully saturated rings. The smallest absolute Gasteiger partial charge is 0.276 e. The highest BCUT2D eigenvalue weighted by atomic mass is 16.5. The molecule has 0 spiro atoms. The van der Waals surface area contributed by atoms with Gasteiger partial charge in [0, 0.05) is 81.8 Å². The highest BCUT2D eigenvalue weighted by molar-refractivity contribution is 5.75. The summed E-state index contributed by atoms with van der Waals surface area (Å²) >= 11 is 0. The number of carbonyl (C=O) groups excluding carboxylic acids is 1. The van der Waals surface area contributed by atoms with Gasteiger partial charge >= 0.3 is 0 Å². The van der Waals surface area contributed by atoms with E-state index >= 15 is 0 Å². The quantitative estimate of drug-likeness (QED) is 0.175. The molecule has 328 valence electrons. The lowest BCUT2D eigenvalue weighted by atomic mass is 9.97. The van der Waals surface area contributed by atoms with Crippen LogP contribution >= 0.6 is 0 Å². The van der Waals surface area contributed by atoms with E-state index in [9.17, 15) is 14.4 Å². The molecule has 0 radical (unpaired) electrons. The lowest BCUT2D eigenvalue weighted by molar-refractivity contribution is 0.0831. The number of likely N-dealkylation sites (tertiary alicyclic amines) is 1. The number of imidazole rings is 2. The Labute approximate surface area is 360 Å². The summed E-state index contributed by atoms with van der Waals surface area (Å²) in [6, 6.07) is 15.7. The molecule has 10 rings (SSSR count). The fraction of sp³-hybridized carbons (Fsp3) is 0.500. The molecule has 3 N–H and O–H groups in total. The maximum Gasteiger partial charge on any atom is 0.276 e. The van der Waals surface area contributed by atoms with Crippen molar-refractivity contribution in [3.8, 4) is 5.75 Å². The van der Waals surface area contributed by atoms with Crippen LogP contribution in [-0.4, -0.2) is 110 Å². The molecule has 4 saturated heterocycles. The van der Waals surface area contributed by atoms with E-state index in [0.717, 1.165) is 114 Å². The van der Waals surface area contributed by atoms with Gasteiger partial charge in [-0.3, -0.25) is 19.3 Å². The third-order valence-electron chi connectivity index (χ3n) is 12.7. The van der Waals surface area contributed by atoms with E-state index < -0.39 is 0 Å². The average molecular weight is 847 g/mol. The van der Waals surface area contributed by atoms with Crippen LogP contribution in [0.2, 0.25) is 0 Å². The third-order valence-corrected chi connectivity index (χ3v) is 12.7. The Morgan fingerprint density at radius 2 is 1.35 bits per heavy atom. The fourth-order valence-corrected chi connectivity index (χ4v) is 9.18. The van der Waals surface area contributed by atoms with Crippen molar-refractivity contribution >= 4 is 17.3 Å². The number of rotatable bonds is 8. The molecule has 4 aliphatic heterocycles. The molecule has 0 saturated carbocycles. The number of benzene rings is 2. The summed E-state index contributed by atoms with van der Waals surface area (Å²) in [5.41, 5.74) is 4.11. The van der Waals surface area contributed by atoms with Crippen molar-refractivity contribution < 1.29 is 19.0 Å². The molecular weight excluding hydrogens is 789 g/mol. The molecule has 4 aliphatic rings. The van der Waals surface area contributed by atoms with E-state index in [1.165, 1.54) is 11.1 Å². The average Bonchev–Trinajstić information content (AvgIpc) is 4.11. The second kappa shape index (κ2) is 19.7. The van der Waals surface area contributed by atoms with Gasteiger partial charge in [-0.25, -0.2) is 19.0 Å². The Morgan fingerprint density at radius 1 is 0.758 bits per heavy atom. The number of hydrogen-bond acceptors (Lipinski definition) is 12. The first-order chi connectivity index (χ1) is 30.2. The molecule has 0 bridgehead atoms. The van der Waals surface area contributed by atoms with Crippen LogP contribution in [0.25, 0.3) is 11.0 Å². The molecular formula is C46H58N10O6. The highest BCUT2D eigenvalue weighted by Gasteiger charge is 2.34. The molecule has 4 unspecified atom stereocenters. The lowest BCUT2D eigenvalue weighted by Crippen LogP contribution is -2.24. The van der Waals surface area contributed by atoms with E-state index in [2.05, 4.69) is 75.2 Å². The first-order valence-electron chi connectivity index (χ1n) is 21.9. The summed E-state index contributed by atoms with van der Waals surface area (Å²) in [5, 5.41) is 13.0. The largest absolute Gasteiger partial charge is 0.497 e. The number of aromatic amines is 2. The van der Waals surface area contributed by atoms with Crippen molar-refractivity contribution in [2.75, 3.05) is 59.7 Å². The number of ether oxygens (including phenoxy) is 3. The van der Waals surface area contributed by atoms with E-state index in [4.69, 9.17) is 24.4 Å². The number of nitrogens with zero attached hydrogens (tertiary/aromatic N) is 7. The maximum atomic E-state index is 12.8. The molecule has 62 heavy (non-hydrogen) atoms. The minimum Gasteiger partial charge on any atom is -0.497 e. The third kappa shape index (κ3) is 9.73. The van der Waals surface area contributed by atoms with Crippen molar-refractivity contribution in [1.29, 1.82) is 0 Å². The standard InChI is InChI=1S/C23H29N5O2.C15H21N5O2.C8H8O2/c1-15-4-3-5-17(10-15)13-27-12-16(2)19(14-27)21-25-23(29)20-11-24-22(28(20)26-21)18-6-8-30-9-7-18;1-9-6-16-7-11(9)13-18-15(21)12-8-17-14(20(12)19-13)10-2-4-22-5-3-10;1-10-8-4-2-3-7(5-8)6-9/h3-5,10-11,16,18-19H,6-9,12-14H2,1-2H3,(H,25,26,29);8-11,16H,2-7H2,1H3,(H,18,19,21);2-6H,1H3. The van der Waals surface area contributed by atoms with E-state index in [-0.39, 0.29) is 23.0 Å². The first-order valence-corrected chi connectivity index (χ1v) is 21.9. The summed E-state index contributed by atoms with van der Waals surface area (Å²) in [6.07, 6.45) is 7.80. The van der Waals surface area contributed by atoms with Gasteiger partial charge in [-0.1, -0.05) is 55.8 Å². The predicted octanol–water partition coefficient (Wildman–Crippen LogP) is 5.00. The molecule has 16 nitrogen and oxygen atoms in total. The number of nitrogens with one attached hydrogen (secondary N) is 3. The second-order valence-electron chi connectivity index (χ2n) is 17.2. The van der Waals surface area contributed by atoms with Crippen LogP contribution in [0.3, 0.4) is 0 Å². The highest BCUT2D eigenvalue weighted by Crippen LogP contribution is 2.32.